The number of fused-ring (bicyclic) bond motifs is 8. The summed E-state index contributed by atoms with van der Waals surface area (Å²) in [6, 6.07) is 9.86. The van der Waals surface area contributed by atoms with Gasteiger partial charge in [0.1, 0.15) is 11.5 Å². The predicted molar refractivity (Wildman–Crippen MR) is 247 cm³/mol. The zero-order chi connectivity index (χ0) is 41.4. The topological polar surface area (TPSA) is 40.5 Å². The van der Waals surface area contributed by atoms with Crippen molar-refractivity contribution in [2.75, 3.05) is 0 Å². The Hall–Kier alpha value is -1.26. The summed E-state index contributed by atoms with van der Waals surface area (Å²) in [5.74, 6) is 7.96. The van der Waals surface area contributed by atoms with E-state index >= 15 is 0 Å². The monoisotopic (exact) mass is 823 g/mol. The van der Waals surface area contributed by atoms with E-state index in [2.05, 4.69) is 107 Å². The molecule has 0 heterocycles. The highest BCUT2D eigenvalue weighted by Gasteiger charge is 2.66. The first-order valence-corrected chi connectivity index (χ1v) is 26.5. The van der Waals surface area contributed by atoms with Crippen LogP contribution in [-0.4, -0.2) is 10.2 Å². The van der Waals surface area contributed by atoms with Crippen molar-refractivity contribution in [2.24, 2.45) is 67.0 Å². The maximum atomic E-state index is 12.5. The molecule has 8 fully saturated rings. The number of benzene rings is 2. The average Bonchev–Trinajstić information content (AvgIpc) is 3.91. The lowest BCUT2D eigenvalue weighted by Crippen LogP contribution is -2.32. The first-order valence-electron chi connectivity index (χ1n) is 24.0. The van der Waals surface area contributed by atoms with Crippen molar-refractivity contribution in [2.45, 2.75) is 195 Å². The van der Waals surface area contributed by atoms with Gasteiger partial charge in [0.25, 0.3) is 0 Å². The van der Waals surface area contributed by atoms with E-state index in [-0.39, 0.29) is 21.7 Å². The first kappa shape index (κ1) is 40.8. The van der Waals surface area contributed by atoms with Crippen molar-refractivity contribution in [3.05, 3.63) is 57.6 Å². The molecule has 0 saturated heterocycles. The molecule has 12 atom stereocenters. The van der Waals surface area contributed by atoms with Gasteiger partial charge < -0.3 is 10.2 Å². The number of phenols is 2. The van der Waals surface area contributed by atoms with E-state index in [1.54, 1.807) is 0 Å². The lowest BCUT2D eigenvalue weighted by Gasteiger charge is -2.42. The number of phenolic OH excluding ortho intramolecular Hbond substituents is 2. The summed E-state index contributed by atoms with van der Waals surface area (Å²) in [6.45, 7) is 30.4. The summed E-state index contributed by atoms with van der Waals surface area (Å²) in [6.07, 6.45) is 15.4. The molecule has 0 aliphatic heterocycles. The van der Waals surface area contributed by atoms with Gasteiger partial charge in [0.05, 0.1) is 0 Å². The summed E-state index contributed by atoms with van der Waals surface area (Å²) < 4.78 is 0. The molecule has 2 aromatic carbocycles. The largest absolute Gasteiger partial charge is 0.507 e. The average molecular weight is 823 g/mol. The van der Waals surface area contributed by atoms with Gasteiger partial charge in [-0.05, 0) is 201 Å². The third-order valence-electron chi connectivity index (χ3n) is 23.7. The fraction of sp³-hybridized carbons (Fsp3) is 0.778. The zero-order valence-corrected chi connectivity index (χ0v) is 40.2. The molecule has 2 aromatic rings. The molecule has 0 radical (unpaired) electrons. The molecule has 0 amide bonds. The molecule has 0 aromatic heterocycles. The zero-order valence-electron chi connectivity index (χ0n) is 38.5. The van der Waals surface area contributed by atoms with Crippen LogP contribution in [0.15, 0.2) is 24.3 Å². The molecule has 0 spiro atoms. The van der Waals surface area contributed by atoms with Crippen LogP contribution in [0.1, 0.15) is 217 Å². The number of hydrogen-bond donors (Lipinski definition) is 2. The van der Waals surface area contributed by atoms with Crippen LogP contribution in [0, 0.1) is 67.0 Å². The minimum absolute atomic E-state index is 0.231. The second-order valence-electron chi connectivity index (χ2n) is 25.4. The van der Waals surface area contributed by atoms with Gasteiger partial charge in [0, 0.05) is 11.5 Å². The second-order valence-corrected chi connectivity index (χ2v) is 27.9. The molecule has 8 bridgehead atoms. The molecule has 8 aliphatic rings. The van der Waals surface area contributed by atoms with Crippen LogP contribution in [0.25, 0.3) is 0 Å². The molecule has 318 valence electrons. The molecule has 12 unspecified atom stereocenters. The third kappa shape index (κ3) is 5.00. The molecule has 10 rings (SSSR count). The molecule has 4 heteroatoms. The number of hydrogen-bond acceptors (Lipinski definition) is 4. The van der Waals surface area contributed by atoms with Crippen LogP contribution >= 0.6 is 21.6 Å². The van der Waals surface area contributed by atoms with E-state index in [0.717, 1.165) is 35.2 Å². The lowest BCUT2D eigenvalue weighted by molar-refractivity contribution is 0.130. The minimum atomic E-state index is 0.231. The molecular weight excluding hydrogens is 745 g/mol. The normalized spacial score (nSPS) is 44.3. The van der Waals surface area contributed by atoms with Gasteiger partial charge in [0.2, 0.25) is 0 Å². The molecule has 2 N–H and O–H groups in total. The van der Waals surface area contributed by atoms with Gasteiger partial charge in [-0.25, -0.2) is 0 Å². The van der Waals surface area contributed by atoms with Crippen LogP contribution in [0.3, 0.4) is 0 Å². The predicted octanol–water partition coefficient (Wildman–Crippen LogP) is 15.9. The lowest BCUT2D eigenvalue weighted by atomic mass is 9.63. The van der Waals surface area contributed by atoms with Crippen LogP contribution in [-0.2, 0) is 11.5 Å². The summed E-state index contributed by atoms with van der Waals surface area (Å²) in [4.78, 5) is 0. The summed E-state index contributed by atoms with van der Waals surface area (Å²) in [5.41, 5.74) is 10.1. The quantitative estimate of drug-likeness (QED) is 0.195. The minimum Gasteiger partial charge on any atom is -0.507 e. The maximum Gasteiger partial charge on any atom is 0.122 e. The van der Waals surface area contributed by atoms with Crippen molar-refractivity contribution in [3.63, 3.8) is 0 Å². The first-order chi connectivity index (χ1) is 27.0. The van der Waals surface area contributed by atoms with Crippen molar-refractivity contribution in [3.8, 4) is 11.5 Å². The van der Waals surface area contributed by atoms with Gasteiger partial charge in [-0.1, -0.05) is 129 Å². The van der Waals surface area contributed by atoms with Gasteiger partial charge in [0.15, 0.2) is 0 Å². The SMILES string of the molecule is CC1(C)C2CCC1(C)C(c1cc(CSSCc3cc(C4CC5CCC4(C)C5(C)C)c(O)c(C4CC5CCC4(C)C5(C)C)c3)cc(C3CC4CCC3(C)C4(C)C)c1O)C2. The van der Waals surface area contributed by atoms with E-state index in [0.29, 0.717) is 56.8 Å². The Bertz CT molecular complexity index is 1750. The second kappa shape index (κ2) is 12.7. The Morgan fingerprint density at radius 2 is 0.638 bits per heavy atom. The van der Waals surface area contributed by atoms with Crippen LogP contribution < -0.4 is 0 Å². The van der Waals surface area contributed by atoms with Crippen LogP contribution in [0.4, 0.5) is 0 Å². The highest BCUT2D eigenvalue weighted by atomic mass is 33.1. The van der Waals surface area contributed by atoms with Crippen molar-refractivity contribution in [1.82, 2.24) is 0 Å². The number of rotatable bonds is 9. The van der Waals surface area contributed by atoms with Crippen LogP contribution in [0.2, 0.25) is 0 Å². The summed E-state index contributed by atoms with van der Waals surface area (Å²) in [7, 11) is 4.03. The van der Waals surface area contributed by atoms with Gasteiger partial charge >= 0.3 is 0 Å². The van der Waals surface area contributed by atoms with E-state index in [1.807, 2.05) is 21.6 Å². The molecular formula is C54H78O2S2. The van der Waals surface area contributed by atoms with Gasteiger partial charge in [-0.15, -0.1) is 0 Å². The van der Waals surface area contributed by atoms with E-state index < -0.39 is 0 Å². The van der Waals surface area contributed by atoms with Crippen LogP contribution in [0.5, 0.6) is 11.5 Å². The van der Waals surface area contributed by atoms with Crippen molar-refractivity contribution < 1.29 is 10.2 Å². The Kier molecular flexibility index (Phi) is 8.92. The Labute approximate surface area is 361 Å². The number of aromatic hydroxyl groups is 2. The smallest absolute Gasteiger partial charge is 0.122 e. The van der Waals surface area contributed by atoms with E-state index in [1.165, 1.54) is 110 Å². The standard InChI is InChI=1S/C54H78O2S2/c1-47(2)33-13-17-51(47,9)41(25-33)37-21-31(22-38(45(37)55)42-26-34-14-18-52(42,10)48(34,3)4)29-57-58-30-32-23-39(43-27-35-15-19-53(43,11)49(35,5)6)46(56)40(24-32)44-28-36-16-20-54(44,12)50(36,7)8/h21-24,33-36,41-44,55-56H,13-20,25-30H2,1-12H3. The van der Waals surface area contributed by atoms with Crippen molar-refractivity contribution >= 4 is 21.6 Å². The third-order valence-corrected chi connectivity index (χ3v) is 25.9. The van der Waals surface area contributed by atoms with Crippen molar-refractivity contribution in [1.29, 1.82) is 0 Å². The Balaban J connectivity index is 0.957. The fourth-order valence-electron chi connectivity index (χ4n) is 17.6. The Morgan fingerprint density at radius 1 is 0.414 bits per heavy atom. The maximum absolute atomic E-state index is 12.5. The summed E-state index contributed by atoms with van der Waals surface area (Å²) in [5, 5.41) is 25.0. The molecule has 2 nitrogen and oxygen atoms in total. The Morgan fingerprint density at radius 3 is 0.810 bits per heavy atom. The highest BCUT2D eigenvalue weighted by molar-refractivity contribution is 8.76. The highest BCUT2D eigenvalue weighted by Crippen LogP contribution is 2.76. The molecule has 8 saturated carbocycles. The summed E-state index contributed by atoms with van der Waals surface area (Å²) >= 11 is 0. The molecule has 58 heavy (non-hydrogen) atoms. The van der Waals surface area contributed by atoms with E-state index in [9.17, 15) is 10.2 Å². The fourth-order valence-corrected chi connectivity index (χ4v) is 19.7. The van der Waals surface area contributed by atoms with Gasteiger partial charge in [-0.3, -0.25) is 0 Å². The molecule has 8 aliphatic carbocycles. The van der Waals surface area contributed by atoms with Gasteiger partial charge in [-0.2, -0.15) is 0 Å². The van der Waals surface area contributed by atoms with E-state index in [4.69, 9.17) is 0 Å².